The van der Waals surface area contributed by atoms with E-state index in [1.165, 1.54) is 5.56 Å². The Morgan fingerprint density at radius 2 is 1.97 bits per heavy atom. The van der Waals surface area contributed by atoms with Gasteiger partial charge in [-0.3, -0.25) is 4.79 Å². The number of methoxy groups -OCH3 is 1. The molecule has 0 saturated carbocycles. The van der Waals surface area contributed by atoms with Crippen LogP contribution in [-0.2, 0) is 17.6 Å². The van der Waals surface area contributed by atoms with E-state index in [0.717, 1.165) is 42.9 Å². The molecule has 0 bridgehead atoms. The number of likely N-dealkylation sites (tertiary alicyclic amines) is 1. The number of hydrogen-bond donors (Lipinski definition) is 0. The van der Waals surface area contributed by atoms with Gasteiger partial charge >= 0.3 is 0 Å². The van der Waals surface area contributed by atoms with Crippen LogP contribution in [0.1, 0.15) is 48.1 Å². The molecule has 0 aliphatic carbocycles. The first-order valence-corrected chi connectivity index (χ1v) is 10.1. The van der Waals surface area contributed by atoms with Gasteiger partial charge in [-0.1, -0.05) is 42.5 Å². The van der Waals surface area contributed by atoms with E-state index in [-0.39, 0.29) is 11.9 Å². The van der Waals surface area contributed by atoms with E-state index < -0.39 is 0 Å². The molecular weight excluding hydrogens is 364 g/mol. The minimum absolute atomic E-state index is 0.0913. The van der Waals surface area contributed by atoms with Crippen molar-refractivity contribution in [1.29, 1.82) is 0 Å². The van der Waals surface area contributed by atoms with Crippen LogP contribution in [0.15, 0.2) is 65.2 Å². The second-order valence-corrected chi connectivity index (χ2v) is 7.45. The Bertz CT molecular complexity index is 952. The third kappa shape index (κ3) is 4.67. The summed E-state index contributed by atoms with van der Waals surface area (Å²) >= 11 is 0. The Labute approximate surface area is 171 Å². The van der Waals surface area contributed by atoms with Crippen molar-refractivity contribution in [3.8, 4) is 5.75 Å². The molecule has 29 heavy (non-hydrogen) atoms. The van der Waals surface area contributed by atoms with E-state index >= 15 is 0 Å². The van der Waals surface area contributed by atoms with Crippen LogP contribution in [0.3, 0.4) is 0 Å². The summed E-state index contributed by atoms with van der Waals surface area (Å²) in [7, 11) is 1.64. The number of carbonyl (C=O) groups excluding carboxylic acids is 1. The molecular formula is C24H26N2O3. The van der Waals surface area contributed by atoms with Crippen LogP contribution < -0.4 is 4.74 Å². The van der Waals surface area contributed by atoms with Gasteiger partial charge in [-0.25, -0.2) is 4.98 Å². The molecule has 1 aromatic heterocycles. The molecule has 0 radical (unpaired) electrons. The molecule has 2 heterocycles. The molecule has 1 atom stereocenters. The van der Waals surface area contributed by atoms with E-state index in [4.69, 9.17) is 9.15 Å². The second-order valence-electron chi connectivity index (χ2n) is 7.45. The zero-order valence-electron chi connectivity index (χ0n) is 16.7. The number of hydrogen-bond acceptors (Lipinski definition) is 4. The minimum Gasteiger partial charge on any atom is -0.497 e. The van der Waals surface area contributed by atoms with Gasteiger partial charge in [0.1, 0.15) is 17.6 Å². The first-order valence-electron chi connectivity index (χ1n) is 10.1. The average Bonchev–Trinajstić information content (AvgIpc) is 3.23. The highest BCUT2D eigenvalue weighted by atomic mass is 16.5. The molecule has 0 N–H and O–H groups in total. The van der Waals surface area contributed by atoms with E-state index in [1.54, 1.807) is 13.3 Å². The quantitative estimate of drug-likeness (QED) is 0.619. The van der Waals surface area contributed by atoms with E-state index in [1.807, 2.05) is 47.4 Å². The molecule has 1 saturated heterocycles. The number of carbonyl (C=O) groups is 1. The van der Waals surface area contributed by atoms with Gasteiger partial charge < -0.3 is 14.1 Å². The molecule has 1 aliphatic rings. The normalized spacial score (nSPS) is 16.6. The fourth-order valence-corrected chi connectivity index (χ4v) is 3.90. The molecule has 5 heteroatoms. The summed E-state index contributed by atoms with van der Waals surface area (Å²) < 4.78 is 11.3. The fourth-order valence-electron chi connectivity index (χ4n) is 3.90. The molecule has 1 fully saturated rings. The molecule has 1 amide bonds. The largest absolute Gasteiger partial charge is 0.497 e. The van der Waals surface area contributed by atoms with Gasteiger partial charge in [0.2, 0.25) is 11.8 Å². The Morgan fingerprint density at radius 1 is 1.14 bits per heavy atom. The molecule has 3 aromatic rings. The number of ether oxygens (including phenoxy) is 1. The summed E-state index contributed by atoms with van der Waals surface area (Å²) in [5.41, 5.74) is 2.14. The summed E-state index contributed by atoms with van der Waals surface area (Å²) in [6.07, 6.45) is 5.82. The lowest BCUT2D eigenvalue weighted by atomic mass is 10.0. The van der Waals surface area contributed by atoms with Gasteiger partial charge in [0, 0.05) is 13.0 Å². The van der Waals surface area contributed by atoms with Gasteiger partial charge in [0.25, 0.3) is 0 Å². The maximum Gasteiger partial charge on any atom is 0.227 e. The Hall–Kier alpha value is -3.08. The monoisotopic (exact) mass is 390 g/mol. The van der Waals surface area contributed by atoms with Gasteiger partial charge in [0.05, 0.1) is 19.7 Å². The maximum atomic E-state index is 13.1. The number of aromatic nitrogens is 1. The molecule has 2 aromatic carbocycles. The van der Waals surface area contributed by atoms with Crippen molar-refractivity contribution in [2.75, 3.05) is 13.7 Å². The highest BCUT2D eigenvalue weighted by Gasteiger charge is 2.31. The van der Waals surface area contributed by atoms with Crippen molar-refractivity contribution in [2.45, 2.75) is 38.1 Å². The number of oxazole rings is 1. The van der Waals surface area contributed by atoms with Crippen molar-refractivity contribution >= 4 is 5.91 Å². The summed E-state index contributed by atoms with van der Waals surface area (Å²) in [6, 6.07) is 17.8. The lowest BCUT2D eigenvalue weighted by Gasteiger charge is -2.34. The van der Waals surface area contributed by atoms with E-state index in [0.29, 0.717) is 18.7 Å². The first-order chi connectivity index (χ1) is 14.2. The van der Waals surface area contributed by atoms with Crippen molar-refractivity contribution in [3.05, 3.63) is 83.6 Å². The first kappa shape index (κ1) is 19.2. The van der Waals surface area contributed by atoms with E-state index in [2.05, 4.69) is 17.1 Å². The third-order valence-electron chi connectivity index (χ3n) is 5.39. The fraction of sp³-hybridized carbons (Fsp3) is 0.333. The van der Waals surface area contributed by atoms with Gasteiger partial charge in [0.15, 0.2) is 0 Å². The van der Waals surface area contributed by atoms with Crippen LogP contribution >= 0.6 is 0 Å². The maximum absolute atomic E-state index is 13.1. The zero-order chi connectivity index (χ0) is 20.1. The van der Waals surface area contributed by atoms with Crippen LogP contribution in [0.4, 0.5) is 0 Å². The number of benzene rings is 2. The van der Waals surface area contributed by atoms with Gasteiger partial charge in [-0.2, -0.15) is 0 Å². The zero-order valence-corrected chi connectivity index (χ0v) is 16.7. The Kier molecular flexibility index (Phi) is 5.94. The van der Waals surface area contributed by atoms with Crippen molar-refractivity contribution in [1.82, 2.24) is 9.88 Å². The summed E-state index contributed by atoms with van der Waals surface area (Å²) in [6.45, 7) is 0.740. The van der Waals surface area contributed by atoms with Crippen molar-refractivity contribution in [2.24, 2.45) is 0 Å². The standard InChI is InChI=1S/C24H26N2O3/c1-28-20-11-7-10-19(15-20)16-23(27)26-13-6-5-12-22(26)24-25-17-21(29-24)14-18-8-3-2-4-9-18/h2-4,7-11,15,17,22H,5-6,12-14,16H2,1H3/t22-/m1/s1. The summed E-state index contributed by atoms with van der Waals surface area (Å²) in [4.78, 5) is 19.5. The minimum atomic E-state index is -0.0913. The number of nitrogens with zero attached hydrogens (tertiary/aromatic N) is 2. The summed E-state index contributed by atoms with van der Waals surface area (Å²) in [5.74, 6) is 2.35. The lowest BCUT2D eigenvalue weighted by molar-refractivity contribution is -0.134. The SMILES string of the molecule is COc1cccc(CC(=O)N2CCCC[C@@H]2c2ncc(Cc3ccccc3)o2)c1. The summed E-state index contributed by atoms with van der Waals surface area (Å²) in [5, 5.41) is 0. The highest BCUT2D eigenvalue weighted by molar-refractivity contribution is 5.79. The Balaban J connectivity index is 1.48. The number of piperidine rings is 1. The lowest BCUT2D eigenvalue weighted by Crippen LogP contribution is -2.39. The average molecular weight is 390 g/mol. The van der Waals surface area contributed by atoms with Crippen molar-refractivity contribution < 1.29 is 13.9 Å². The third-order valence-corrected chi connectivity index (χ3v) is 5.39. The Morgan fingerprint density at radius 3 is 2.79 bits per heavy atom. The van der Waals surface area contributed by atoms with Crippen LogP contribution in [-0.4, -0.2) is 29.4 Å². The van der Waals surface area contributed by atoms with Crippen LogP contribution in [0.2, 0.25) is 0 Å². The van der Waals surface area contributed by atoms with Crippen LogP contribution in [0.25, 0.3) is 0 Å². The topological polar surface area (TPSA) is 55.6 Å². The van der Waals surface area contributed by atoms with Crippen LogP contribution in [0.5, 0.6) is 5.75 Å². The number of amides is 1. The smallest absolute Gasteiger partial charge is 0.227 e. The molecule has 1 aliphatic heterocycles. The molecule has 4 rings (SSSR count). The molecule has 5 nitrogen and oxygen atoms in total. The molecule has 150 valence electrons. The van der Waals surface area contributed by atoms with Crippen molar-refractivity contribution in [3.63, 3.8) is 0 Å². The highest BCUT2D eigenvalue weighted by Crippen LogP contribution is 2.31. The van der Waals surface area contributed by atoms with Gasteiger partial charge in [-0.05, 0) is 42.5 Å². The van der Waals surface area contributed by atoms with E-state index in [9.17, 15) is 4.79 Å². The second kappa shape index (κ2) is 8.95. The van der Waals surface area contributed by atoms with Crippen LogP contribution in [0, 0.1) is 0 Å². The predicted octanol–water partition coefficient (Wildman–Crippen LogP) is 4.57. The molecule has 0 spiro atoms. The molecule has 0 unspecified atom stereocenters. The number of rotatable bonds is 6. The van der Waals surface area contributed by atoms with Gasteiger partial charge in [-0.15, -0.1) is 0 Å². The predicted molar refractivity (Wildman–Crippen MR) is 111 cm³/mol.